The summed E-state index contributed by atoms with van der Waals surface area (Å²) in [6, 6.07) is 8.03. The van der Waals surface area contributed by atoms with Gasteiger partial charge in [-0.05, 0) is 17.7 Å². The predicted molar refractivity (Wildman–Crippen MR) is 85.8 cm³/mol. The van der Waals surface area contributed by atoms with Gasteiger partial charge in [-0.3, -0.25) is 9.36 Å². The molecular weight excluding hydrogens is 284 g/mol. The van der Waals surface area contributed by atoms with Gasteiger partial charge in [-0.25, -0.2) is 4.98 Å². The summed E-state index contributed by atoms with van der Waals surface area (Å²) in [5.74, 6) is 1.80. The summed E-state index contributed by atoms with van der Waals surface area (Å²) in [4.78, 5) is 16.0. The summed E-state index contributed by atoms with van der Waals surface area (Å²) in [5.41, 5.74) is 1.23. The monoisotopic (exact) mass is 304 g/mol. The lowest BCUT2D eigenvalue weighted by molar-refractivity contribution is 0.0893. The molecule has 2 aromatic rings. The third-order valence-corrected chi connectivity index (χ3v) is 4.56. The Bertz CT molecular complexity index is 577. The highest BCUT2D eigenvalue weighted by molar-refractivity contribution is 7.99. The third-order valence-electron chi connectivity index (χ3n) is 3.16. The second-order valence-corrected chi connectivity index (χ2v) is 7.12. The van der Waals surface area contributed by atoms with Gasteiger partial charge in [0.15, 0.2) is 0 Å². The largest absolute Gasteiger partial charge is 0.497 e. The maximum absolute atomic E-state index is 12.1. The average Bonchev–Trinajstić information content (AvgIpc) is 3.00. The third kappa shape index (κ3) is 4.63. The standard InChI is InChI=1S/C16H20N2O2S/c1-16(2,10-15(19)18-9-8-17-12-18)21-11-13-4-6-14(20-3)7-5-13/h4-9,12H,10-11H2,1-3H3. The SMILES string of the molecule is COc1ccc(CSC(C)(C)CC(=O)n2ccnc2)cc1. The van der Waals surface area contributed by atoms with Crippen LogP contribution in [0.25, 0.3) is 0 Å². The fourth-order valence-corrected chi connectivity index (χ4v) is 2.89. The quantitative estimate of drug-likeness (QED) is 0.817. The van der Waals surface area contributed by atoms with E-state index in [1.54, 1.807) is 37.6 Å². The molecule has 0 unspecified atom stereocenters. The summed E-state index contributed by atoms with van der Waals surface area (Å²) < 4.78 is 6.56. The minimum Gasteiger partial charge on any atom is -0.497 e. The van der Waals surface area contributed by atoms with Crippen LogP contribution in [-0.2, 0) is 5.75 Å². The molecule has 0 bridgehead atoms. The van der Waals surface area contributed by atoms with Crippen molar-refractivity contribution in [2.24, 2.45) is 0 Å². The summed E-state index contributed by atoms with van der Waals surface area (Å²) in [5, 5.41) is 0. The van der Waals surface area contributed by atoms with Gasteiger partial charge in [-0.15, -0.1) is 0 Å². The molecule has 1 aromatic heterocycles. The lowest BCUT2D eigenvalue weighted by Crippen LogP contribution is -2.23. The van der Waals surface area contributed by atoms with Gasteiger partial charge in [0.1, 0.15) is 12.1 Å². The molecule has 5 heteroatoms. The van der Waals surface area contributed by atoms with Crippen LogP contribution >= 0.6 is 11.8 Å². The molecule has 0 N–H and O–H groups in total. The van der Waals surface area contributed by atoms with Crippen LogP contribution in [-0.4, -0.2) is 27.3 Å². The normalized spacial score (nSPS) is 11.4. The lowest BCUT2D eigenvalue weighted by Gasteiger charge is -2.23. The van der Waals surface area contributed by atoms with E-state index in [0.717, 1.165) is 11.5 Å². The van der Waals surface area contributed by atoms with Crippen molar-refractivity contribution in [2.45, 2.75) is 30.8 Å². The van der Waals surface area contributed by atoms with Gasteiger partial charge in [0.05, 0.1) is 7.11 Å². The van der Waals surface area contributed by atoms with Crippen molar-refractivity contribution in [3.8, 4) is 5.75 Å². The number of carbonyl (C=O) groups excluding carboxylic acids is 1. The number of imidazole rings is 1. The van der Waals surface area contributed by atoms with E-state index in [1.165, 1.54) is 10.1 Å². The van der Waals surface area contributed by atoms with Crippen molar-refractivity contribution < 1.29 is 9.53 Å². The first kappa shape index (κ1) is 15.6. The first-order valence-corrected chi connectivity index (χ1v) is 7.77. The van der Waals surface area contributed by atoms with Gasteiger partial charge < -0.3 is 4.74 Å². The van der Waals surface area contributed by atoms with Crippen molar-refractivity contribution in [1.29, 1.82) is 0 Å². The lowest BCUT2D eigenvalue weighted by atomic mass is 10.1. The minimum absolute atomic E-state index is 0.0692. The smallest absolute Gasteiger partial charge is 0.233 e. The molecule has 0 saturated carbocycles. The zero-order valence-electron chi connectivity index (χ0n) is 12.6. The number of nitrogens with zero attached hydrogens (tertiary/aromatic N) is 2. The molecule has 0 aliphatic heterocycles. The van der Waals surface area contributed by atoms with Gasteiger partial charge in [-0.1, -0.05) is 26.0 Å². The maximum atomic E-state index is 12.1. The fourth-order valence-electron chi connectivity index (χ4n) is 1.91. The Balaban J connectivity index is 1.89. The highest BCUT2D eigenvalue weighted by atomic mass is 32.2. The number of hydrogen-bond donors (Lipinski definition) is 0. The van der Waals surface area contributed by atoms with Crippen molar-refractivity contribution in [1.82, 2.24) is 9.55 Å². The summed E-state index contributed by atoms with van der Waals surface area (Å²) in [6.45, 7) is 4.19. The number of thioether (sulfide) groups is 1. The number of hydrogen-bond acceptors (Lipinski definition) is 4. The van der Waals surface area contributed by atoms with E-state index in [4.69, 9.17) is 4.74 Å². The molecular formula is C16H20N2O2S. The fraction of sp³-hybridized carbons (Fsp3) is 0.375. The van der Waals surface area contributed by atoms with Gasteiger partial charge in [0, 0.05) is 29.3 Å². The summed E-state index contributed by atoms with van der Waals surface area (Å²) in [6.07, 6.45) is 5.33. The Hall–Kier alpha value is -1.75. The van der Waals surface area contributed by atoms with Crippen LogP contribution in [0.1, 0.15) is 30.6 Å². The number of carbonyl (C=O) groups is 1. The van der Waals surface area contributed by atoms with Crippen LogP contribution in [0.2, 0.25) is 0 Å². The number of ether oxygens (including phenoxy) is 1. The zero-order valence-corrected chi connectivity index (χ0v) is 13.4. The number of methoxy groups -OCH3 is 1. The van der Waals surface area contributed by atoms with E-state index in [-0.39, 0.29) is 10.7 Å². The molecule has 21 heavy (non-hydrogen) atoms. The Morgan fingerprint density at radius 1 is 1.33 bits per heavy atom. The molecule has 0 aliphatic rings. The van der Waals surface area contributed by atoms with E-state index >= 15 is 0 Å². The molecule has 0 radical (unpaired) electrons. The number of rotatable bonds is 6. The van der Waals surface area contributed by atoms with E-state index in [1.807, 2.05) is 12.1 Å². The zero-order chi connectivity index (χ0) is 15.3. The molecule has 112 valence electrons. The molecule has 0 fully saturated rings. The van der Waals surface area contributed by atoms with E-state index < -0.39 is 0 Å². The Kier molecular flexibility index (Phi) is 5.07. The summed E-state index contributed by atoms with van der Waals surface area (Å²) >= 11 is 1.78. The molecule has 2 rings (SSSR count). The molecule has 0 spiro atoms. The van der Waals surface area contributed by atoms with Crippen molar-refractivity contribution in [2.75, 3.05) is 7.11 Å². The Morgan fingerprint density at radius 3 is 2.62 bits per heavy atom. The molecule has 0 atom stereocenters. The van der Waals surface area contributed by atoms with Crippen LogP contribution in [0.3, 0.4) is 0 Å². The minimum atomic E-state index is -0.124. The number of aromatic nitrogens is 2. The average molecular weight is 304 g/mol. The van der Waals surface area contributed by atoms with Crippen LogP contribution in [0.15, 0.2) is 43.0 Å². The molecule has 0 aliphatic carbocycles. The molecule has 4 nitrogen and oxygen atoms in total. The van der Waals surface area contributed by atoms with Crippen LogP contribution < -0.4 is 4.74 Å². The highest BCUT2D eigenvalue weighted by Crippen LogP contribution is 2.32. The van der Waals surface area contributed by atoms with Crippen LogP contribution in [0.5, 0.6) is 5.75 Å². The molecule has 0 amide bonds. The van der Waals surface area contributed by atoms with Crippen molar-refractivity contribution in [3.63, 3.8) is 0 Å². The van der Waals surface area contributed by atoms with Gasteiger partial charge >= 0.3 is 0 Å². The Labute approximate surface area is 129 Å². The van der Waals surface area contributed by atoms with Gasteiger partial charge in [-0.2, -0.15) is 11.8 Å². The molecule has 0 saturated heterocycles. The topological polar surface area (TPSA) is 44.1 Å². The van der Waals surface area contributed by atoms with Crippen molar-refractivity contribution >= 4 is 17.7 Å². The highest BCUT2D eigenvalue weighted by Gasteiger charge is 2.23. The first-order valence-electron chi connectivity index (χ1n) is 6.78. The van der Waals surface area contributed by atoms with Gasteiger partial charge in [0.2, 0.25) is 5.91 Å². The van der Waals surface area contributed by atoms with Crippen LogP contribution in [0, 0.1) is 0 Å². The predicted octanol–water partition coefficient (Wildman–Crippen LogP) is 3.63. The van der Waals surface area contributed by atoms with Crippen molar-refractivity contribution in [3.05, 3.63) is 48.5 Å². The summed E-state index contributed by atoms with van der Waals surface area (Å²) in [7, 11) is 1.66. The second kappa shape index (κ2) is 6.80. The maximum Gasteiger partial charge on any atom is 0.233 e. The van der Waals surface area contributed by atoms with E-state index in [0.29, 0.717) is 6.42 Å². The van der Waals surface area contributed by atoms with E-state index in [9.17, 15) is 4.79 Å². The second-order valence-electron chi connectivity index (χ2n) is 5.44. The van der Waals surface area contributed by atoms with Gasteiger partial charge in [0.25, 0.3) is 0 Å². The number of benzene rings is 1. The molecule has 1 aromatic carbocycles. The Morgan fingerprint density at radius 2 is 2.05 bits per heavy atom. The first-order chi connectivity index (χ1) is 10.00. The molecule has 1 heterocycles. The van der Waals surface area contributed by atoms with Crippen LogP contribution in [0.4, 0.5) is 0 Å². The van der Waals surface area contributed by atoms with E-state index in [2.05, 4.69) is 31.0 Å².